The highest BCUT2D eigenvalue weighted by molar-refractivity contribution is 7.46. The van der Waals surface area contributed by atoms with Crippen molar-refractivity contribution in [1.29, 1.82) is 0 Å². The first kappa shape index (κ1) is 39.2. The van der Waals surface area contributed by atoms with E-state index in [0.717, 1.165) is 6.33 Å². The molecule has 53 heavy (non-hydrogen) atoms. The number of imidazole rings is 2. The Balaban J connectivity index is 1.23. The lowest BCUT2D eigenvalue weighted by Crippen LogP contribution is -2.39. The van der Waals surface area contributed by atoms with E-state index in [1.54, 1.807) is 4.57 Å². The first-order chi connectivity index (χ1) is 25.3. The summed E-state index contributed by atoms with van der Waals surface area (Å²) in [6, 6.07) is 0. The summed E-state index contributed by atoms with van der Waals surface area (Å²) in [5.41, 5.74) is 11.5. The van der Waals surface area contributed by atoms with Gasteiger partial charge in [0.25, 0.3) is 21.2 Å². The molecule has 0 amide bonds. The Kier molecular flexibility index (Phi) is 12.2. The summed E-state index contributed by atoms with van der Waals surface area (Å²) in [6.45, 7) is -1.13. The van der Waals surface area contributed by atoms with Crippen molar-refractivity contribution < 1.29 is 65.8 Å². The molecular formula is C26H36N10O15P2-2. The maximum Gasteiger partial charge on any atom is 0.280 e. The topological polar surface area (TPSA) is 343 Å². The molecule has 0 aromatic carbocycles. The molecule has 27 heteroatoms. The summed E-state index contributed by atoms with van der Waals surface area (Å²) >= 11 is 0. The molecule has 0 spiro atoms. The molecule has 4 aromatic heterocycles. The fourth-order valence-corrected chi connectivity index (χ4v) is 7.15. The van der Waals surface area contributed by atoms with Gasteiger partial charge < -0.3 is 68.1 Å². The minimum atomic E-state index is -5.34. The van der Waals surface area contributed by atoms with E-state index in [4.69, 9.17) is 48.9 Å². The molecule has 9 atom stereocenters. The number of anilines is 2. The predicted molar refractivity (Wildman–Crippen MR) is 172 cm³/mol. The van der Waals surface area contributed by atoms with Crippen molar-refractivity contribution in [2.45, 2.75) is 49.4 Å². The fourth-order valence-electron chi connectivity index (χ4n) is 5.85. The third kappa shape index (κ3) is 9.07. The number of hydrogen-bond donors (Lipinski definition) is 4. The number of aromatic nitrogens is 8. The first-order valence-electron chi connectivity index (χ1n) is 15.8. The van der Waals surface area contributed by atoms with Crippen LogP contribution in [0, 0.1) is 0 Å². The minimum Gasteiger partial charge on any atom is -0.756 e. The van der Waals surface area contributed by atoms with E-state index in [-0.39, 0.29) is 55.8 Å². The first-order valence-corrected chi connectivity index (χ1v) is 18.7. The zero-order valence-corrected chi connectivity index (χ0v) is 29.9. The van der Waals surface area contributed by atoms with E-state index < -0.39 is 77.4 Å². The Bertz CT molecular complexity index is 2030. The number of methoxy groups -OCH3 is 2. The second kappa shape index (κ2) is 16.5. The third-order valence-corrected chi connectivity index (χ3v) is 9.55. The van der Waals surface area contributed by atoms with Crippen molar-refractivity contribution >= 4 is 49.7 Å². The van der Waals surface area contributed by atoms with Gasteiger partial charge in [0.05, 0.1) is 58.4 Å². The van der Waals surface area contributed by atoms with Crippen molar-refractivity contribution in [2.24, 2.45) is 0 Å². The van der Waals surface area contributed by atoms with Gasteiger partial charge in [0, 0.05) is 20.6 Å². The summed E-state index contributed by atoms with van der Waals surface area (Å²) < 4.78 is 77.3. The Labute approximate surface area is 298 Å². The van der Waals surface area contributed by atoms with Crippen LogP contribution in [0.15, 0.2) is 23.8 Å². The van der Waals surface area contributed by atoms with Crippen LogP contribution in [0.5, 0.6) is 0 Å². The van der Waals surface area contributed by atoms with E-state index in [0.29, 0.717) is 11.2 Å². The van der Waals surface area contributed by atoms with E-state index in [1.165, 1.54) is 31.4 Å². The highest BCUT2D eigenvalue weighted by Crippen LogP contribution is 2.48. The van der Waals surface area contributed by atoms with Crippen molar-refractivity contribution in [3.8, 4) is 0 Å². The molecule has 0 aliphatic carbocycles. The maximum atomic E-state index is 13.5. The summed E-state index contributed by atoms with van der Waals surface area (Å²) in [5, 5.41) is 0. The number of rotatable bonds is 18. The standard InChI is InChI=1S/C26H38N10O15P2/c1-43-3-5-45-14-7-13(49-24(14)35-11-31-16-20(27)29-10-30-21(16)35)8-48-53(41,42)51-18-15(9-47-52(38,39)40)50-25(19(18)46-6-4-44-2)36-12-32-17-22(36)33-26(28)34-23(17)37/h10-15,18-19,24-25H,3-9H2,1-2H3,(H,41,42)(H2,27,29,30)(H2,38,39,40)(H3,28,33,34,37)/p-2/t13-,14?,15+,18-,19?,24+,25+/m0/s1. The minimum absolute atomic E-state index is 0.0310. The molecule has 6 N–H and O–H groups in total. The Hall–Kier alpha value is -3.52. The lowest BCUT2D eigenvalue weighted by atomic mass is 10.1. The number of phosphoric ester groups is 2. The molecule has 6 heterocycles. The number of aromatic amines is 1. The van der Waals surface area contributed by atoms with Crippen LogP contribution >= 0.6 is 15.6 Å². The van der Waals surface area contributed by atoms with E-state index >= 15 is 0 Å². The van der Waals surface area contributed by atoms with Gasteiger partial charge in [-0.05, 0) is 0 Å². The van der Waals surface area contributed by atoms with Gasteiger partial charge in [-0.2, -0.15) is 4.98 Å². The van der Waals surface area contributed by atoms with E-state index in [1.807, 2.05) is 0 Å². The van der Waals surface area contributed by atoms with Crippen LogP contribution in [0.25, 0.3) is 22.3 Å². The van der Waals surface area contributed by atoms with Gasteiger partial charge in [0.15, 0.2) is 35.1 Å². The van der Waals surface area contributed by atoms with Gasteiger partial charge in [0.1, 0.15) is 36.3 Å². The lowest BCUT2D eigenvalue weighted by Gasteiger charge is -2.32. The largest absolute Gasteiger partial charge is 0.756 e. The van der Waals surface area contributed by atoms with Crippen molar-refractivity contribution in [2.75, 3.05) is 65.3 Å². The Morgan fingerprint density at radius 1 is 0.906 bits per heavy atom. The number of hydrogen-bond acceptors (Lipinski definition) is 21. The molecule has 2 fully saturated rings. The lowest BCUT2D eigenvalue weighted by molar-refractivity contribution is -0.237. The van der Waals surface area contributed by atoms with Gasteiger partial charge in [-0.15, -0.1) is 0 Å². The summed E-state index contributed by atoms with van der Waals surface area (Å²) in [4.78, 5) is 69.7. The second-order valence-electron chi connectivity index (χ2n) is 11.6. The molecule has 4 aromatic rings. The Morgan fingerprint density at radius 2 is 1.60 bits per heavy atom. The predicted octanol–water partition coefficient (Wildman–Crippen LogP) is -2.28. The van der Waals surface area contributed by atoms with Crippen molar-refractivity contribution in [3.63, 3.8) is 0 Å². The van der Waals surface area contributed by atoms with Crippen LogP contribution < -0.4 is 26.8 Å². The molecule has 292 valence electrons. The second-order valence-corrected chi connectivity index (χ2v) is 14.2. The van der Waals surface area contributed by atoms with Crippen LogP contribution in [0.3, 0.4) is 0 Å². The van der Waals surface area contributed by atoms with E-state index in [2.05, 4.69) is 34.4 Å². The number of nitrogens with zero attached hydrogens (tertiary/aromatic N) is 7. The number of nitrogens with two attached hydrogens (primary N) is 2. The number of ether oxygens (including phenoxy) is 6. The van der Waals surface area contributed by atoms with Crippen molar-refractivity contribution in [3.05, 3.63) is 29.3 Å². The SMILES string of the molecule is COCCOC1C[C@@H](COP(=O)([O-])O[C@@H]2C(OCCOC)[C@H](n3cnc4c(=O)[nH]c(N)nc43)O[C@@H]2COP(=O)([O-])O)O[C@H]1n1cnc2c(N)ncnc21. The van der Waals surface area contributed by atoms with Gasteiger partial charge in [0.2, 0.25) is 5.95 Å². The highest BCUT2D eigenvalue weighted by atomic mass is 31.2. The average molecular weight is 791 g/mol. The number of nitrogen functional groups attached to an aromatic ring is 2. The normalized spacial score (nSPS) is 27.1. The molecule has 4 unspecified atom stereocenters. The molecule has 25 nitrogen and oxygen atoms in total. The molecule has 2 saturated heterocycles. The number of phosphoric acid groups is 2. The zero-order chi connectivity index (χ0) is 37.9. The number of fused-ring (bicyclic) bond motifs is 2. The van der Waals surface area contributed by atoms with Crippen LogP contribution in [-0.4, -0.2) is 128 Å². The average Bonchev–Trinajstić information content (AvgIpc) is 3.88. The summed E-state index contributed by atoms with van der Waals surface area (Å²) in [6.07, 6.45) is -4.29. The monoisotopic (exact) mass is 790 g/mol. The Morgan fingerprint density at radius 3 is 2.32 bits per heavy atom. The third-order valence-electron chi connectivity index (χ3n) is 8.11. The van der Waals surface area contributed by atoms with Gasteiger partial charge in [-0.1, -0.05) is 0 Å². The van der Waals surface area contributed by atoms with Gasteiger partial charge in [-0.25, -0.2) is 19.9 Å². The van der Waals surface area contributed by atoms with Crippen LogP contribution in [0.1, 0.15) is 18.9 Å². The summed E-state index contributed by atoms with van der Waals surface area (Å²) in [5.74, 6) is -0.121. The molecular weight excluding hydrogens is 754 g/mol. The van der Waals surface area contributed by atoms with Crippen LogP contribution in [0.2, 0.25) is 0 Å². The van der Waals surface area contributed by atoms with Crippen LogP contribution in [-0.2, 0) is 51.1 Å². The molecule has 0 bridgehead atoms. The number of nitrogens with one attached hydrogen (secondary N) is 1. The fraction of sp³-hybridized carbons (Fsp3) is 0.615. The quantitative estimate of drug-likeness (QED) is 0.0609. The number of H-pyrrole nitrogens is 1. The maximum absolute atomic E-state index is 13.5. The summed E-state index contributed by atoms with van der Waals surface area (Å²) in [7, 11) is -7.76. The molecule has 0 radical (unpaired) electrons. The van der Waals surface area contributed by atoms with E-state index in [9.17, 15) is 28.6 Å². The zero-order valence-electron chi connectivity index (χ0n) is 28.1. The van der Waals surface area contributed by atoms with Crippen molar-refractivity contribution in [1.82, 2.24) is 39.0 Å². The van der Waals surface area contributed by atoms with Gasteiger partial charge >= 0.3 is 0 Å². The van der Waals surface area contributed by atoms with Gasteiger partial charge in [-0.3, -0.25) is 28.0 Å². The molecule has 2 aliphatic rings. The van der Waals surface area contributed by atoms with Crippen LogP contribution in [0.4, 0.5) is 11.8 Å². The molecule has 0 saturated carbocycles. The highest BCUT2D eigenvalue weighted by Gasteiger charge is 2.50. The smallest absolute Gasteiger partial charge is 0.280 e. The molecule has 6 rings (SSSR count). The molecule has 2 aliphatic heterocycles.